The third kappa shape index (κ3) is 2.00. The van der Waals surface area contributed by atoms with Gasteiger partial charge in [0.25, 0.3) is 5.56 Å². The number of hydrogen-bond acceptors (Lipinski definition) is 3. The highest BCUT2D eigenvalue weighted by Crippen LogP contribution is 2.31. The molecule has 0 spiro atoms. The lowest BCUT2D eigenvalue weighted by Crippen LogP contribution is -2.41. The summed E-state index contributed by atoms with van der Waals surface area (Å²) in [7, 11) is 1.80. The molecule has 1 saturated heterocycles. The molecule has 2 heterocycles. The van der Waals surface area contributed by atoms with Gasteiger partial charge in [-0.25, -0.2) is 0 Å². The maximum absolute atomic E-state index is 12.1. The monoisotopic (exact) mass is 272 g/mol. The summed E-state index contributed by atoms with van der Waals surface area (Å²) in [6.07, 6.45) is 1.07. The van der Waals surface area contributed by atoms with Crippen molar-refractivity contribution in [2.75, 3.05) is 11.9 Å². The maximum Gasteiger partial charge on any atom is 0.252 e. The van der Waals surface area contributed by atoms with Crippen molar-refractivity contribution in [3.05, 3.63) is 40.7 Å². The number of pyridine rings is 1. The van der Waals surface area contributed by atoms with Gasteiger partial charge >= 0.3 is 0 Å². The van der Waals surface area contributed by atoms with Crippen molar-refractivity contribution in [3.63, 3.8) is 0 Å². The number of aryl methyl sites for hydroxylation is 1. The summed E-state index contributed by atoms with van der Waals surface area (Å²) in [5.74, 6) is 0. The van der Waals surface area contributed by atoms with E-state index in [1.807, 2.05) is 24.3 Å². The first-order valence-corrected chi connectivity index (χ1v) is 7.00. The molecule has 106 valence electrons. The van der Waals surface area contributed by atoms with Crippen LogP contribution < -0.4 is 10.9 Å². The molecule has 20 heavy (non-hydrogen) atoms. The second kappa shape index (κ2) is 4.63. The number of nitrogens with zero attached hydrogens (tertiary/aromatic N) is 1. The van der Waals surface area contributed by atoms with E-state index >= 15 is 0 Å². The molecule has 4 heteroatoms. The lowest BCUT2D eigenvalue weighted by Gasteiger charge is -2.30. The molecule has 2 unspecified atom stereocenters. The van der Waals surface area contributed by atoms with Gasteiger partial charge in [0.05, 0.1) is 17.2 Å². The lowest BCUT2D eigenvalue weighted by molar-refractivity contribution is 0.105. The van der Waals surface area contributed by atoms with E-state index in [-0.39, 0.29) is 17.2 Å². The Morgan fingerprint density at radius 2 is 2.15 bits per heavy atom. The Labute approximate surface area is 118 Å². The van der Waals surface area contributed by atoms with Crippen LogP contribution in [0.2, 0.25) is 0 Å². The number of para-hydroxylation sites is 1. The Balaban J connectivity index is 2.13. The number of nitrogens with one attached hydrogen (secondary N) is 1. The van der Waals surface area contributed by atoms with Crippen LogP contribution in [-0.4, -0.2) is 22.8 Å². The Morgan fingerprint density at radius 1 is 1.40 bits per heavy atom. The van der Waals surface area contributed by atoms with E-state index < -0.39 is 0 Å². The van der Waals surface area contributed by atoms with Gasteiger partial charge in [-0.2, -0.15) is 0 Å². The van der Waals surface area contributed by atoms with Crippen LogP contribution in [-0.2, 0) is 11.8 Å². The molecule has 1 aliphatic heterocycles. The van der Waals surface area contributed by atoms with Gasteiger partial charge < -0.3 is 14.6 Å². The summed E-state index contributed by atoms with van der Waals surface area (Å²) >= 11 is 0. The van der Waals surface area contributed by atoms with Gasteiger partial charge in [0, 0.05) is 30.8 Å². The van der Waals surface area contributed by atoms with Crippen molar-refractivity contribution in [1.29, 1.82) is 0 Å². The van der Waals surface area contributed by atoms with Gasteiger partial charge in [0.2, 0.25) is 0 Å². The largest absolute Gasteiger partial charge is 0.376 e. The molecule has 0 amide bonds. The first kappa shape index (κ1) is 13.2. The zero-order chi connectivity index (χ0) is 14.3. The number of anilines is 1. The molecule has 4 nitrogen and oxygen atoms in total. The number of ether oxygens (including phenoxy) is 1. The molecule has 1 aliphatic rings. The third-order valence-electron chi connectivity index (χ3n) is 4.46. The van der Waals surface area contributed by atoms with Gasteiger partial charge in [-0.3, -0.25) is 4.79 Å². The number of aromatic nitrogens is 1. The van der Waals surface area contributed by atoms with Crippen molar-refractivity contribution in [3.8, 4) is 0 Å². The normalized spacial score (nSPS) is 26.1. The maximum atomic E-state index is 12.1. The van der Waals surface area contributed by atoms with Crippen LogP contribution in [0.4, 0.5) is 5.69 Å². The molecule has 2 aromatic rings. The highest BCUT2D eigenvalue weighted by Gasteiger charge is 2.37. The molecule has 3 rings (SSSR count). The topological polar surface area (TPSA) is 43.3 Å². The first-order chi connectivity index (χ1) is 9.51. The second-order valence-electron chi connectivity index (χ2n) is 5.78. The molecule has 1 N–H and O–H groups in total. The zero-order valence-corrected chi connectivity index (χ0v) is 12.1. The Hall–Kier alpha value is -1.81. The van der Waals surface area contributed by atoms with Crippen LogP contribution in [0.1, 0.15) is 20.3 Å². The van der Waals surface area contributed by atoms with E-state index in [0.29, 0.717) is 0 Å². The van der Waals surface area contributed by atoms with E-state index in [1.165, 1.54) is 0 Å². The average molecular weight is 272 g/mol. The molecule has 1 fully saturated rings. The molecule has 0 bridgehead atoms. The van der Waals surface area contributed by atoms with Gasteiger partial charge in [0.1, 0.15) is 0 Å². The molecule has 1 aromatic carbocycles. The average Bonchev–Trinajstić information content (AvgIpc) is 2.76. The molecule has 2 atom stereocenters. The molecule has 0 aliphatic carbocycles. The van der Waals surface area contributed by atoms with Crippen molar-refractivity contribution < 1.29 is 4.74 Å². The fraction of sp³-hybridized carbons (Fsp3) is 0.438. The highest BCUT2D eigenvalue weighted by atomic mass is 16.5. The van der Waals surface area contributed by atoms with E-state index in [4.69, 9.17) is 4.74 Å². The zero-order valence-electron chi connectivity index (χ0n) is 12.1. The van der Waals surface area contributed by atoms with Crippen molar-refractivity contribution in [2.24, 2.45) is 7.05 Å². The summed E-state index contributed by atoms with van der Waals surface area (Å²) in [5, 5.41) is 4.60. The van der Waals surface area contributed by atoms with Gasteiger partial charge in [-0.1, -0.05) is 18.2 Å². The van der Waals surface area contributed by atoms with Crippen LogP contribution in [0.25, 0.3) is 10.9 Å². The fourth-order valence-corrected chi connectivity index (χ4v) is 2.82. The van der Waals surface area contributed by atoms with Crippen LogP contribution in [0.5, 0.6) is 0 Å². The Morgan fingerprint density at radius 3 is 2.85 bits per heavy atom. The fourth-order valence-electron chi connectivity index (χ4n) is 2.82. The van der Waals surface area contributed by atoms with Crippen molar-refractivity contribution in [1.82, 2.24) is 4.57 Å². The SMILES string of the molecule is CC1OCCC1(C)Nc1cc(=O)n(C)c2ccccc12. The smallest absolute Gasteiger partial charge is 0.252 e. The predicted octanol–water partition coefficient (Wildman–Crippen LogP) is 2.52. The van der Waals surface area contributed by atoms with E-state index in [2.05, 4.69) is 19.2 Å². The molecule has 1 aromatic heterocycles. The minimum Gasteiger partial charge on any atom is -0.376 e. The number of benzene rings is 1. The number of fused-ring (bicyclic) bond motifs is 1. The third-order valence-corrected chi connectivity index (χ3v) is 4.46. The van der Waals surface area contributed by atoms with Gasteiger partial charge in [-0.05, 0) is 26.3 Å². The minimum atomic E-state index is -0.130. The van der Waals surface area contributed by atoms with Crippen molar-refractivity contribution in [2.45, 2.75) is 31.9 Å². The first-order valence-electron chi connectivity index (χ1n) is 7.00. The number of hydrogen-bond donors (Lipinski definition) is 1. The van der Waals surface area contributed by atoms with E-state index in [1.54, 1.807) is 17.7 Å². The summed E-state index contributed by atoms with van der Waals surface area (Å²) in [5.41, 5.74) is 1.71. The standard InChI is InChI=1S/C16H20N2O2/c1-11-16(2,8-9-20-11)17-13-10-15(19)18(3)14-7-5-4-6-12(13)14/h4-7,10-11,17H,8-9H2,1-3H3. The van der Waals surface area contributed by atoms with Crippen molar-refractivity contribution >= 4 is 16.6 Å². The highest BCUT2D eigenvalue weighted by molar-refractivity contribution is 5.91. The summed E-state index contributed by atoms with van der Waals surface area (Å²) in [6.45, 7) is 4.98. The van der Waals surface area contributed by atoms with E-state index in [9.17, 15) is 4.79 Å². The molecular formula is C16H20N2O2. The summed E-state index contributed by atoms with van der Waals surface area (Å²) in [4.78, 5) is 12.1. The molecular weight excluding hydrogens is 252 g/mol. The quantitative estimate of drug-likeness (QED) is 0.913. The Bertz CT molecular complexity index is 707. The number of rotatable bonds is 2. The summed E-state index contributed by atoms with van der Waals surface area (Å²) < 4.78 is 7.34. The second-order valence-corrected chi connectivity index (χ2v) is 5.78. The Kier molecular flexibility index (Phi) is 3.05. The van der Waals surface area contributed by atoms with Gasteiger partial charge in [-0.15, -0.1) is 0 Å². The minimum absolute atomic E-state index is 0.00127. The molecule has 0 radical (unpaired) electrons. The van der Waals surface area contributed by atoms with Crippen LogP contribution in [0.15, 0.2) is 35.1 Å². The van der Waals surface area contributed by atoms with Crippen LogP contribution in [0.3, 0.4) is 0 Å². The van der Waals surface area contributed by atoms with E-state index in [0.717, 1.165) is 29.6 Å². The summed E-state index contributed by atoms with van der Waals surface area (Å²) in [6, 6.07) is 9.64. The van der Waals surface area contributed by atoms with Crippen LogP contribution >= 0.6 is 0 Å². The van der Waals surface area contributed by atoms with Crippen LogP contribution in [0, 0.1) is 0 Å². The predicted molar refractivity (Wildman–Crippen MR) is 81.2 cm³/mol. The lowest BCUT2D eigenvalue weighted by atomic mass is 9.94. The molecule has 0 saturated carbocycles. The van der Waals surface area contributed by atoms with Gasteiger partial charge in [0.15, 0.2) is 0 Å².